The number of ether oxygens (including phenoxy) is 2. The topological polar surface area (TPSA) is 86.7 Å². The molecular formula is C26H30FN5O4. The zero-order valence-corrected chi connectivity index (χ0v) is 20.9. The highest BCUT2D eigenvalue weighted by molar-refractivity contribution is 6.10. The molecule has 36 heavy (non-hydrogen) atoms. The molecule has 0 spiro atoms. The minimum absolute atomic E-state index is 0.197. The summed E-state index contributed by atoms with van der Waals surface area (Å²) in [6.07, 6.45) is -0.343. The number of fused-ring (bicyclic) bond motifs is 3. The van der Waals surface area contributed by atoms with Crippen molar-refractivity contribution in [2.75, 3.05) is 42.6 Å². The van der Waals surface area contributed by atoms with Crippen molar-refractivity contribution in [1.29, 1.82) is 0 Å². The molecule has 0 bridgehead atoms. The van der Waals surface area contributed by atoms with Crippen molar-refractivity contribution < 1.29 is 23.5 Å². The Bertz CT molecular complexity index is 1230. The number of rotatable bonds is 2. The summed E-state index contributed by atoms with van der Waals surface area (Å²) in [5, 5.41) is 4.16. The van der Waals surface area contributed by atoms with Crippen molar-refractivity contribution >= 4 is 29.2 Å². The Morgan fingerprint density at radius 2 is 1.83 bits per heavy atom. The number of nitrogens with zero attached hydrogens (tertiary/aromatic N) is 4. The molecular weight excluding hydrogens is 465 g/mol. The minimum Gasteiger partial charge on any atom is -0.483 e. The fraction of sp³-hybridized carbons (Fsp3) is 0.423. The summed E-state index contributed by atoms with van der Waals surface area (Å²) < 4.78 is 26.5. The molecule has 0 radical (unpaired) electrons. The van der Waals surface area contributed by atoms with Gasteiger partial charge in [-0.1, -0.05) is 18.2 Å². The van der Waals surface area contributed by atoms with Crippen molar-refractivity contribution in [3.8, 4) is 16.9 Å². The normalized spacial score (nSPS) is 19.6. The lowest BCUT2D eigenvalue weighted by Crippen LogP contribution is -2.55. The van der Waals surface area contributed by atoms with Crippen LogP contribution in [0.1, 0.15) is 27.7 Å². The standard InChI is InChI=1S/C26H30FN5O4/c1-16-24(33)29-28-23-15-35-22-13-18(17-7-5-6-8-19(17)27)20(14-21(22)32(16)23)30-9-11-31(12-10-30)25(34)36-26(2,3)4/h5-8,13-14,16H,9-12,15H2,1-4H3,(H,29,33). The molecule has 1 saturated heterocycles. The zero-order valence-electron chi connectivity index (χ0n) is 20.9. The van der Waals surface area contributed by atoms with Gasteiger partial charge in [0.05, 0.1) is 5.69 Å². The lowest BCUT2D eigenvalue weighted by molar-refractivity contribution is -0.122. The van der Waals surface area contributed by atoms with Crippen molar-refractivity contribution in [3.63, 3.8) is 0 Å². The van der Waals surface area contributed by atoms with Crippen LogP contribution < -0.4 is 20.0 Å². The van der Waals surface area contributed by atoms with E-state index in [0.717, 1.165) is 5.69 Å². The molecule has 1 N–H and O–H groups in total. The number of piperazine rings is 1. The van der Waals surface area contributed by atoms with Crippen LogP contribution in [0.2, 0.25) is 0 Å². The van der Waals surface area contributed by atoms with Crippen molar-refractivity contribution in [1.82, 2.24) is 10.3 Å². The van der Waals surface area contributed by atoms with Crippen molar-refractivity contribution in [2.24, 2.45) is 5.10 Å². The molecule has 3 heterocycles. The van der Waals surface area contributed by atoms with Crippen LogP contribution in [0.25, 0.3) is 11.1 Å². The van der Waals surface area contributed by atoms with Gasteiger partial charge in [0.15, 0.2) is 5.84 Å². The van der Waals surface area contributed by atoms with Gasteiger partial charge in [0, 0.05) is 43.0 Å². The van der Waals surface area contributed by atoms with E-state index < -0.39 is 11.6 Å². The van der Waals surface area contributed by atoms with Crippen molar-refractivity contribution in [2.45, 2.75) is 39.3 Å². The second-order valence-corrected chi connectivity index (χ2v) is 10.1. The Labute approximate surface area is 209 Å². The summed E-state index contributed by atoms with van der Waals surface area (Å²) in [4.78, 5) is 30.6. The molecule has 1 fully saturated rings. The SMILES string of the molecule is CC1C(=O)NN=C2COc3cc(-c4ccccc4F)c(N4CCN(C(=O)OC(C)(C)C)CC4)cc3N21. The maximum atomic E-state index is 15.0. The number of hydrogen-bond donors (Lipinski definition) is 1. The molecule has 2 aromatic rings. The van der Waals surface area contributed by atoms with Gasteiger partial charge in [0.25, 0.3) is 5.91 Å². The number of nitrogens with one attached hydrogen (secondary N) is 1. The predicted octanol–water partition coefficient (Wildman–Crippen LogP) is 3.58. The number of halogens is 1. The fourth-order valence-electron chi connectivity index (χ4n) is 4.67. The van der Waals surface area contributed by atoms with Crippen LogP contribution in [-0.2, 0) is 9.53 Å². The van der Waals surface area contributed by atoms with E-state index in [9.17, 15) is 14.0 Å². The molecule has 2 amide bonds. The molecule has 1 atom stereocenters. The van der Waals surface area contributed by atoms with Crippen LogP contribution in [0.4, 0.5) is 20.6 Å². The summed E-state index contributed by atoms with van der Waals surface area (Å²) in [5.74, 6) is 0.617. The average molecular weight is 496 g/mol. The van der Waals surface area contributed by atoms with Gasteiger partial charge < -0.3 is 24.2 Å². The monoisotopic (exact) mass is 495 g/mol. The number of carbonyl (C=O) groups excluding carboxylic acids is 2. The number of amidine groups is 1. The first kappa shape index (κ1) is 23.9. The minimum atomic E-state index is -0.568. The Balaban J connectivity index is 1.52. The second kappa shape index (κ2) is 9.00. The number of amides is 2. The van der Waals surface area contributed by atoms with Gasteiger partial charge >= 0.3 is 6.09 Å². The van der Waals surface area contributed by atoms with Gasteiger partial charge in [-0.25, -0.2) is 14.6 Å². The molecule has 190 valence electrons. The molecule has 10 heteroatoms. The quantitative estimate of drug-likeness (QED) is 0.686. The van der Waals surface area contributed by atoms with Gasteiger partial charge in [-0.05, 0) is 45.9 Å². The predicted molar refractivity (Wildman–Crippen MR) is 135 cm³/mol. The Kier molecular flexibility index (Phi) is 5.97. The highest BCUT2D eigenvalue weighted by Crippen LogP contribution is 2.44. The summed E-state index contributed by atoms with van der Waals surface area (Å²) in [6, 6.07) is 9.92. The Morgan fingerprint density at radius 3 is 2.53 bits per heavy atom. The van der Waals surface area contributed by atoms with E-state index in [1.54, 1.807) is 23.1 Å². The van der Waals surface area contributed by atoms with E-state index in [0.29, 0.717) is 54.6 Å². The number of benzene rings is 2. The molecule has 3 aliphatic rings. The Hall–Kier alpha value is -3.82. The average Bonchev–Trinajstić information content (AvgIpc) is 2.84. The second-order valence-electron chi connectivity index (χ2n) is 10.1. The third-order valence-corrected chi connectivity index (χ3v) is 6.47. The highest BCUT2D eigenvalue weighted by atomic mass is 19.1. The van der Waals surface area contributed by atoms with Crippen LogP contribution >= 0.6 is 0 Å². The molecule has 0 aromatic heterocycles. The zero-order chi connectivity index (χ0) is 25.6. The van der Waals surface area contributed by atoms with Gasteiger partial charge in [0.1, 0.15) is 29.8 Å². The molecule has 2 aromatic carbocycles. The van der Waals surface area contributed by atoms with Crippen LogP contribution in [-0.4, -0.2) is 67.2 Å². The van der Waals surface area contributed by atoms with Gasteiger partial charge in [-0.15, -0.1) is 0 Å². The van der Waals surface area contributed by atoms with Gasteiger partial charge in [-0.2, -0.15) is 5.10 Å². The number of hydrazone groups is 1. The number of anilines is 2. The van der Waals surface area contributed by atoms with Crippen molar-refractivity contribution in [3.05, 3.63) is 42.2 Å². The molecule has 9 nitrogen and oxygen atoms in total. The highest BCUT2D eigenvalue weighted by Gasteiger charge is 2.37. The van der Waals surface area contributed by atoms with E-state index in [2.05, 4.69) is 15.4 Å². The lowest BCUT2D eigenvalue weighted by Gasteiger charge is -2.41. The van der Waals surface area contributed by atoms with Crippen LogP contribution in [0.5, 0.6) is 5.75 Å². The van der Waals surface area contributed by atoms with E-state index >= 15 is 0 Å². The summed E-state index contributed by atoms with van der Waals surface area (Å²) >= 11 is 0. The molecule has 1 unspecified atom stereocenters. The number of hydrogen-bond acceptors (Lipinski definition) is 7. The smallest absolute Gasteiger partial charge is 0.410 e. The van der Waals surface area contributed by atoms with E-state index in [4.69, 9.17) is 9.47 Å². The van der Waals surface area contributed by atoms with E-state index in [-0.39, 0.29) is 24.4 Å². The first-order chi connectivity index (χ1) is 17.1. The molecule has 0 saturated carbocycles. The lowest BCUT2D eigenvalue weighted by atomic mass is 9.99. The van der Waals surface area contributed by atoms with Gasteiger partial charge in [-0.3, -0.25) is 4.79 Å². The van der Waals surface area contributed by atoms with Gasteiger partial charge in [0.2, 0.25) is 0 Å². The molecule has 5 rings (SSSR count). The first-order valence-corrected chi connectivity index (χ1v) is 12.1. The third-order valence-electron chi connectivity index (χ3n) is 6.47. The first-order valence-electron chi connectivity index (χ1n) is 12.1. The van der Waals surface area contributed by atoms with E-state index in [1.165, 1.54) is 6.07 Å². The number of carbonyl (C=O) groups is 2. The summed E-state index contributed by atoms with van der Waals surface area (Å²) in [6.45, 7) is 9.55. The Morgan fingerprint density at radius 1 is 1.11 bits per heavy atom. The summed E-state index contributed by atoms with van der Waals surface area (Å²) in [7, 11) is 0. The van der Waals surface area contributed by atoms with Crippen LogP contribution in [0, 0.1) is 5.82 Å². The summed E-state index contributed by atoms with van der Waals surface area (Å²) in [5.41, 5.74) is 4.61. The van der Waals surface area contributed by atoms with Crippen LogP contribution in [0.3, 0.4) is 0 Å². The molecule has 0 aliphatic carbocycles. The van der Waals surface area contributed by atoms with Crippen LogP contribution in [0.15, 0.2) is 41.5 Å². The fourth-order valence-corrected chi connectivity index (χ4v) is 4.67. The maximum Gasteiger partial charge on any atom is 0.410 e. The maximum absolute atomic E-state index is 15.0. The molecule has 3 aliphatic heterocycles. The third kappa shape index (κ3) is 4.43. The van der Waals surface area contributed by atoms with E-state index in [1.807, 2.05) is 44.7 Å². The largest absolute Gasteiger partial charge is 0.483 e.